The molecule has 0 heterocycles. The highest BCUT2D eigenvalue weighted by molar-refractivity contribution is 7.92. The Morgan fingerprint density at radius 3 is 2.29 bits per heavy atom. The van der Waals surface area contributed by atoms with Crippen LogP contribution in [-0.4, -0.2) is 32.8 Å². The Morgan fingerprint density at radius 2 is 1.61 bits per heavy atom. The van der Waals surface area contributed by atoms with Gasteiger partial charge in [-0.1, -0.05) is 49.1 Å². The van der Waals surface area contributed by atoms with Crippen molar-refractivity contribution >= 4 is 44.8 Å². The summed E-state index contributed by atoms with van der Waals surface area (Å²) >= 11 is 5.97. The molecular formula is C29H32ClN3O4S. The fourth-order valence-corrected chi connectivity index (χ4v) is 6.09. The monoisotopic (exact) mass is 553 g/mol. The average Bonchev–Trinajstić information content (AvgIpc) is 2.90. The lowest BCUT2D eigenvalue weighted by atomic mass is 9.95. The van der Waals surface area contributed by atoms with Gasteiger partial charge in [-0.3, -0.25) is 13.9 Å². The summed E-state index contributed by atoms with van der Waals surface area (Å²) in [6.45, 7) is 3.33. The fourth-order valence-electron chi connectivity index (χ4n) is 4.55. The van der Waals surface area contributed by atoms with Crippen LogP contribution in [0, 0.1) is 13.8 Å². The summed E-state index contributed by atoms with van der Waals surface area (Å²) in [6, 6.07) is 17.9. The van der Waals surface area contributed by atoms with Gasteiger partial charge >= 0.3 is 0 Å². The molecule has 2 amide bonds. The number of benzene rings is 3. The Labute approximate surface area is 229 Å². The van der Waals surface area contributed by atoms with Gasteiger partial charge in [0.05, 0.1) is 21.8 Å². The molecule has 2 N–H and O–H groups in total. The number of sulfonamides is 1. The maximum atomic E-state index is 13.7. The van der Waals surface area contributed by atoms with E-state index in [0.717, 1.165) is 41.1 Å². The van der Waals surface area contributed by atoms with Crippen LogP contribution in [0.4, 0.5) is 11.4 Å². The van der Waals surface area contributed by atoms with Crippen molar-refractivity contribution in [1.29, 1.82) is 0 Å². The molecule has 0 saturated heterocycles. The Kier molecular flexibility index (Phi) is 8.74. The summed E-state index contributed by atoms with van der Waals surface area (Å²) in [5.74, 6) is -0.828. The predicted molar refractivity (Wildman–Crippen MR) is 151 cm³/mol. The topological polar surface area (TPSA) is 95.6 Å². The number of para-hydroxylation sites is 1. The largest absolute Gasteiger partial charge is 0.349 e. The molecule has 7 nitrogen and oxygen atoms in total. The van der Waals surface area contributed by atoms with Gasteiger partial charge in [0.25, 0.3) is 15.9 Å². The van der Waals surface area contributed by atoms with E-state index in [4.69, 9.17) is 11.6 Å². The molecule has 0 spiro atoms. The van der Waals surface area contributed by atoms with E-state index in [0.29, 0.717) is 22.0 Å². The molecule has 38 heavy (non-hydrogen) atoms. The van der Waals surface area contributed by atoms with Gasteiger partial charge in [-0.25, -0.2) is 8.42 Å². The fraction of sp³-hybridized carbons (Fsp3) is 0.310. The van der Waals surface area contributed by atoms with Crippen LogP contribution in [-0.2, 0) is 14.8 Å². The standard InChI is InChI=1S/C29H32ClN3O4S/c1-20-12-15-24(18-21(20)2)33(38(36,37)25-16-13-22(30)14-17-25)19-28(34)32-27-11-7-6-10-26(27)29(35)31-23-8-4-3-5-9-23/h6-7,10-18,23H,3-5,8-9,19H2,1-2H3,(H,31,35)(H,32,34). The van der Waals surface area contributed by atoms with Crippen molar-refractivity contribution in [2.75, 3.05) is 16.2 Å². The van der Waals surface area contributed by atoms with Gasteiger partial charge in [0.15, 0.2) is 0 Å². The molecule has 4 rings (SSSR count). The zero-order valence-corrected chi connectivity index (χ0v) is 23.1. The molecule has 0 bridgehead atoms. The number of rotatable bonds is 8. The minimum Gasteiger partial charge on any atom is -0.349 e. The van der Waals surface area contributed by atoms with Crippen LogP contribution < -0.4 is 14.9 Å². The number of nitrogens with one attached hydrogen (secondary N) is 2. The third kappa shape index (κ3) is 6.55. The Morgan fingerprint density at radius 1 is 0.921 bits per heavy atom. The number of amides is 2. The second kappa shape index (κ2) is 12.0. The minimum atomic E-state index is -4.10. The number of anilines is 2. The number of carbonyl (C=O) groups is 2. The number of nitrogens with zero attached hydrogens (tertiary/aromatic N) is 1. The summed E-state index contributed by atoms with van der Waals surface area (Å²) in [6.07, 6.45) is 5.22. The first-order chi connectivity index (χ1) is 18.1. The van der Waals surface area contributed by atoms with Gasteiger partial charge in [0.2, 0.25) is 5.91 Å². The number of hydrogen-bond donors (Lipinski definition) is 2. The van der Waals surface area contributed by atoms with Crippen LogP contribution in [0.1, 0.15) is 53.6 Å². The molecular weight excluding hydrogens is 522 g/mol. The first-order valence-electron chi connectivity index (χ1n) is 12.7. The quantitative estimate of drug-likeness (QED) is 0.365. The van der Waals surface area contributed by atoms with E-state index in [1.54, 1.807) is 36.4 Å². The molecule has 1 fully saturated rings. The van der Waals surface area contributed by atoms with Crippen molar-refractivity contribution in [2.24, 2.45) is 0 Å². The van der Waals surface area contributed by atoms with Gasteiger partial charge in [-0.2, -0.15) is 0 Å². The molecule has 0 aliphatic heterocycles. The first kappa shape index (κ1) is 27.7. The van der Waals surface area contributed by atoms with Crippen LogP contribution >= 0.6 is 11.6 Å². The van der Waals surface area contributed by atoms with Gasteiger partial charge in [0.1, 0.15) is 6.54 Å². The molecule has 3 aromatic carbocycles. The summed E-state index contributed by atoms with van der Waals surface area (Å²) in [4.78, 5) is 26.3. The second-order valence-corrected chi connectivity index (χ2v) is 11.9. The number of aryl methyl sites for hydroxylation is 2. The van der Waals surface area contributed by atoms with Crippen molar-refractivity contribution in [1.82, 2.24) is 5.32 Å². The zero-order valence-electron chi connectivity index (χ0n) is 21.5. The van der Waals surface area contributed by atoms with E-state index in [2.05, 4.69) is 10.6 Å². The first-order valence-corrected chi connectivity index (χ1v) is 14.5. The number of carbonyl (C=O) groups excluding carboxylic acids is 2. The van der Waals surface area contributed by atoms with Crippen molar-refractivity contribution in [2.45, 2.75) is 56.9 Å². The molecule has 0 radical (unpaired) electrons. The van der Waals surface area contributed by atoms with Gasteiger partial charge in [0, 0.05) is 11.1 Å². The summed E-state index contributed by atoms with van der Waals surface area (Å²) in [7, 11) is -4.10. The highest BCUT2D eigenvalue weighted by atomic mass is 35.5. The number of hydrogen-bond acceptors (Lipinski definition) is 4. The average molecular weight is 554 g/mol. The minimum absolute atomic E-state index is 0.0141. The lowest BCUT2D eigenvalue weighted by Crippen LogP contribution is -2.39. The molecule has 0 unspecified atom stereocenters. The van der Waals surface area contributed by atoms with Crippen molar-refractivity contribution in [3.63, 3.8) is 0 Å². The van der Waals surface area contributed by atoms with E-state index in [-0.39, 0.29) is 16.8 Å². The second-order valence-electron chi connectivity index (χ2n) is 9.64. The zero-order chi connectivity index (χ0) is 27.3. The highest BCUT2D eigenvalue weighted by Gasteiger charge is 2.28. The molecule has 0 atom stereocenters. The SMILES string of the molecule is Cc1ccc(N(CC(=O)Nc2ccccc2C(=O)NC2CCCCC2)S(=O)(=O)c2ccc(Cl)cc2)cc1C. The summed E-state index contributed by atoms with van der Waals surface area (Å²) < 4.78 is 28.4. The maximum absolute atomic E-state index is 13.7. The van der Waals surface area contributed by atoms with Crippen LogP contribution in [0.15, 0.2) is 71.6 Å². The molecule has 1 saturated carbocycles. The highest BCUT2D eigenvalue weighted by Crippen LogP contribution is 2.27. The van der Waals surface area contributed by atoms with Crippen LogP contribution in [0.3, 0.4) is 0 Å². The molecule has 9 heteroatoms. The Balaban J connectivity index is 1.59. The third-order valence-corrected chi connectivity index (χ3v) is 8.89. The molecule has 1 aliphatic carbocycles. The van der Waals surface area contributed by atoms with Gasteiger partial charge in [-0.05, 0) is 86.3 Å². The van der Waals surface area contributed by atoms with Gasteiger partial charge < -0.3 is 10.6 Å². The van der Waals surface area contributed by atoms with Crippen LogP contribution in [0.25, 0.3) is 0 Å². The molecule has 0 aromatic heterocycles. The van der Waals surface area contributed by atoms with E-state index < -0.39 is 22.5 Å². The normalized spacial score (nSPS) is 14.1. The van der Waals surface area contributed by atoms with Crippen LogP contribution in [0.2, 0.25) is 5.02 Å². The van der Waals surface area contributed by atoms with Gasteiger partial charge in [-0.15, -0.1) is 0 Å². The smallest absolute Gasteiger partial charge is 0.264 e. The van der Waals surface area contributed by atoms with Crippen molar-refractivity contribution in [3.05, 3.63) is 88.4 Å². The predicted octanol–water partition coefficient (Wildman–Crippen LogP) is 5.85. The van der Waals surface area contributed by atoms with E-state index in [1.807, 2.05) is 19.9 Å². The van der Waals surface area contributed by atoms with E-state index in [1.165, 1.54) is 30.7 Å². The lowest BCUT2D eigenvalue weighted by Gasteiger charge is -2.25. The number of halogens is 1. The molecule has 1 aliphatic rings. The van der Waals surface area contributed by atoms with E-state index in [9.17, 15) is 18.0 Å². The molecule has 200 valence electrons. The van der Waals surface area contributed by atoms with Crippen molar-refractivity contribution in [3.8, 4) is 0 Å². The third-order valence-electron chi connectivity index (χ3n) is 6.85. The maximum Gasteiger partial charge on any atom is 0.264 e. The van der Waals surface area contributed by atoms with E-state index >= 15 is 0 Å². The Bertz CT molecular complexity index is 1420. The summed E-state index contributed by atoms with van der Waals surface area (Å²) in [5.41, 5.74) is 2.92. The molecule has 3 aromatic rings. The Hall–Kier alpha value is -3.36. The lowest BCUT2D eigenvalue weighted by molar-refractivity contribution is -0.114. The van der Waals surface area contributed by atoms with Crippen molar-refractivity contribution < 1.29 is 18.0 Å². The van der Waals surface area contributed by atoms with Crippen LogP contribution in [0.5, 0.6) is 0 Å². The summed E-state index contributed by atoms with van der Waals surface area (Å²) in [5, 5.41) is 6.24.